The van der Waals surface area contributed by atoms with E-state index in [0.29, 0.717) is 6.04 Å². The second-order valence-corrected chi connectivity index (χ2v) is 5.75. The Hall–Kier alpha value is -1.09. The molecule has 0 bridgehead atoms. The normalized spacial score (nSPS) is 20.4. The van der Waals surface area contributed by atoms with Gasteiger partial charge in [0.2, 0.25) is 0 Å². The van der Waals surface area contributed by atoms with Crippen molar-refractivity contribution < 1.29 is 4.39 Å². The van der Waals surface area contributed by atoms with Crippen LogP contribution in [-0.4, -0.2) is 19.1 Å². The van der Waals surface area contributed by atoms with Gasteiger partial charge in [0.1, 0.15) is 5.82 Å². The summed E-state index contributed by atoms with van der Waals surface area (Å²) < 4.78 is 14.4. The van der Waals surface area contributed by atoms with E-state index in [4.69, 9.17) is 0 Å². The van der Waals surface area contributed by atoms with Crippen molar-refractivity contribution in [2.24, 2.45) is 0 Å². The first kappa shape index (κ1) is 15.3. The minimum absolute atomic E-state index is 0.0759. The molecule has 1 N–H and O–H groups in total. The van der Waals surface area contributed by atoms with Crippen LogP contribution in [0, 0.1) is 5.82 Å². The van der Waals surface area contributed by atoms with Gasteiger partial charge in [-0.25, -0.2) is 4.39 Å². The number of nitrogens with one attached hydrogen (secondary N) is 1. The molecule has 1 aliphatic heterocycles. The molecule has 20 heavy (non-hydrogen) atoms. The lowest BCUT2D eigenvalue weighted by Crippen LogP contribution is -2.32. The second-order valence-electron chi connectivity index (χ2n) is 5.75. The molecular formula is C17H27FN2. The quantitative estimate of drug-likeness (QED) is 0.836. The third kappa shape index (κ3) is 3.14. The molecular weight excluding hydrogens is 251 g/mol. The Morgan fingerprint density at radius 1 is 1.40 bits per heavy atom. The monoisotopic (exact) mass is 278 g/mol. The van der Waals surface area contributed by atoms with Crippen LogP contribution >= 0.6 is 0 Å². The van der Waals surface area contributed by atoms with E-state index >= 15 is 0 Å². The molecule has 0 amide bonds. The Morgan fingerprint density at radius 2 is 2.20 bits per heavy atom. The number of rotatable bonds is 6. The van der Waals surface area contributed by atoms with Gasteiger partial charge in [-0.15, -0.1) is 0 Å². The summed E-state index contributed by atoms with van der Waals surface area (Å²) in [4.78, 5) is 2.29. The Labute approximate surface area is 122 Å². The summed E-state index contributed by atoms with van der Waals surface area (Å²) in [7, 11) is 0. The molecule has 2 rings (SSSR count). The summed E-state index contributed by atoms with van der Waals surface area (Å²) in [6, 6.07) is 6.17. The van der Waals surface area contributed by atoms with Crippen LogP contribution in [0.5, 0.6) is 0 Å². The maximum Gasteiger partial charge on any atom is 0.146 e. The molecule has 1 heterocycles. The highest BCUT2D eigenvalue weighted by Gasteiger charge is 2.28. The number of anilines is 1. The predicted octanol–water partition coefficient (Wildman–Crippen LogP) is 4.27. The summed E-state index contributed by atoms with van der Waals surface area (Å²) in [5.41, 5.74) is 1.92. The molecule has 2 nitrogen and oxygen atoms in total. The van der Waals surface area contributed by atoms with E-state index in [9.17, 15) is 4.39 Å². The Morgan fingerprint density at radius 3 is 2.90 bits per heavy atom. The molecule has 0 saturated carbocycles. The number of nitrogens with zero attached hydrogens (tertiary/aromatic N) is 1. The average molecular weight is 278 g/mol. The minimum Gasteiger partial charge on any atom is -0.366 e. The molecule has 1 saturated heterocycles. The molecule has 2 atom stereocenters. The zero-order valence-corrected chi connectivity index (χ0v) is 13.0. The lowest BCUT2D eigenvalue weighted by molar-refractivity contribution is 0.552. The second kappa shape index (κ2) is 7.07. The van der Waals surface area contributed by atoms with Crippen molar-refractivity contribution in [3.05, 3.63) is 29.6 Å². The smallest absolute Gasteiger partial charge is 0.146 e. The van der Waals surface area contributed by atoms with Crippen LogP contribution in [-0.2, 0) is 0 Å². The van der Waals surface area contributed by atoms with E-state index in [1.54, 1.807) is 6.07 Å². The van der Waals surface area contributed by atoms with Gasteiger partial charge in [-0.05, 0) is 50.8 Å². The standard InChI is InChI=1S/C17H27FN2/c1-4-11-19-13(3)15-9-6-10-16(18)17(15)20-12-7-8-14(20)5-2/h6,9-10,13-14,19H,4-5,7-8,11-12H2,1-3H3. The van der Waals surface area contributed by atoms with Gasteiger partial charge in [-0.2, -0.15) is 0 Å². The average Bonchev–Trinajstić information content (AvgIpc) is 2.92. The maximum absolute atomic E-state index is 14.4. The molecule has 1 aliphatic rings. The van der Waals surface area contributed by atoms with E-state index in [1.165, 1.54) is 12.8 Å². The van der Waals surface area contributed by atoms with Crippen LogP contribution < -0.4 is 10.2 Å². The molecule has 0 radical (unpaired) electrons. The fourth-order valence-corrected chi connectivity index (χ4v) is 3.21. The molecule has 1 fully saturated rings. The lowest BCUT2D eigenvalue weighted by atomic mass is 10.0. The highest BCUT2D eigenvalue weighted by molar-refractivity contribution is 5.57. The molecule has 0 aromatic heterocycles. The first-order valence-corrected chi connectivity index (χ1v) is 7.97. The van der Waals surface area contributed by atoms with Gasteiger partial charge in [0, 0.05) is 18.6 Å². The van der Waals surface area contributed by atoms with Crippen molar-refractivity contribution in [1.29, 1.82) is 0 Å². The minimum atomic E-state index is -0.0759. The van der Waals surface area contributed by atoms with Gasteiger partial charge >= 0.3 is 0 Å². The van der Waals surface area contributed by atoms with Crippen molar-refractivity contribution in [3.8, 4) is 0 Å². The van der Waals surface area contributed by atoms with E-state index in [-0.39, 0.29) is 11.9 Å². The van der Waals surface area contributed by atoms with Crippen molar-refractivity contribution in [2.75, 3.05) is 18.0 Å². The number of benzene rings is 1. The summed E-state index contributed by atoms with van der Waals surface area (Å²) in [6.45, 7) is 8.42. The third-order valence-electron chi connectivity index (χ3n) is 4.32. The lowest BCUT2D eigenvalue weighted by Gasteiger charge is -2.30. The molecule has 1 aromatic carbocycles. The van der Waals surface area contributed by atoms with Gasteiger partial charge < -0.3 is 10.2 Å². The molecule has 0 spiro atoms. The van der Waals surface area contributed by atoms with Gasteiger partial charge in [0.25, 0.3) is 0 Å². The van der Waals surface area contributed by atoms with Crippen LogP contribution in [0.4, 0.5) is 10.1 Å². The predicted molar refractivity (Wildman–Crippen MR) is 83.8 cm³/mol. The number of halogens is 1. The Balaban J connectivity index is 2.31. The van der Waals surface area contributed by atoms with E-state index in [1.807, 2.05) is 6.07 Å². The first-order valence-electron chi connectivity index (χ1n) is 7.97. The van der Waals surface area contributed by atoms with Crippen molar-refractivity contribution in [1.82, 2.24) is 5.32 Å². The number of para-hydroxylation sites is 1. The van der Waals surface area contributed by atoms with Crippen LogP contribution in [0.25, 0.3) is 0 Å². The number of hydrogen-bond acceptors (Lipinski definition) is 2. The highest BCUT2D eigenvalue weighted by atomic mass is 19.1. The van der Waals surface area contributed by atoms with Gasteiger partial charge in [0.15, 0.2) is 0 Å². The first-order chi connectivity index (χ1) is 9.69. The highest BCUT2D eigenvalue weighted by Crippen LogP contribution is 2.35. The Bertz CT molecular complexity index is 433. The van der Waals surface area contributed by atoms with Crippen molar-refractivity contribution >= 4 is 5.69 Å². The third-order valence-corrected chi connectivity index (χ3v) is 4.32. The summed E-state index contributed by atoms with van der Waals surface area (Å²) in [6.07, 6.45) is 4.53. The zero-order chi connectivity index (χ0) is 14.5. The topological polar surface area (TPSA) is 15.3 Å². The van der Waals surface area contributed by atoms with E-state index < -0.39 is 0 Å². The van der Waals surface area contributed by atoms with Crippen molar-refractivity contribution in [2.45, 2.75) is 58.5 Å². The molecule has 0 aliphatic carbocycles. The largest absolute Gasteiger partial charge is 0.366 e. The Kier molecular flexibility index (Phi) is 5.41. The SMILES string of the molecule is CCCNC(C)c1cccc(F)c1N1CCCC1CC. The van der Waals surface area contributed by atoms with Crippen LogP contribution in [0.15, 0.2) is 18.2 Å². The zero-order valence-electron chi connectivity index (χ0n) is 13.0. The van der Waals surface area contributed by atoms with E-state index in [2.05, 4.69) is 37.1 Å². The summed E-state index contributed by atoms with van der Waals surface area (Å²) in [5, 5.41) is 3.48. The van der Waals surface area contributed by atoms with E-state index in [0.717, 1.165) is 37.2 Å². The van der Waals surface area contributed by atoms with Gasteiger partial charge in [-0.3, -0.25) is 0 Å². The van der Waals surface area contributed by atoms with Crippen LogP contribution in [0.3, 0.4) is 0 Å². The maximum atomic E-state index is 14.4. The number of hydrogen-bond donors (Lipinski definition) is 1. The van der Waals surface area contributed by atoms with Gasteiger partial charge in [-0.1, -0.05) is 26.0 Å². The van der Waals surface area contributed by atoms with Crippen molar-refractivity contribution in [3.63, 3.8) is 0 Å². The van der Waals surface area contributed by atoms with Crippen LogP contribution in [0.2, 0.25) is 0 Å². The molecule has 3 heteroatoms. The molecule has 2 unspecified atom stereocenters. The van der Waals surface area contributed by atoms with Crippen LogP contribution in [0.1, 0.15) is 58.1 Å². The fraction of sp³-hybridized carbons (Fsp3) is 0.647. The summed E-state index contributed by atoms with van der Waals surface area (Å²) in [5.74, 6) is -0.0759. The molecule has 112 valence electrons. The summed E-state index contributed by atoms with van der Waals surface area (Å²) >= 11 is 0. The molecule has 1 aromatic rings. The van der Waals surface area contributed by atoms with Gasteiger partial charge in [0.05, 0.1) is 5.69 Å². The fourth-order valence-electron chi connectivity index (χ4n) is 3.21.